The molecule has 0 saturated heterocycles. The number of fused-ring (bicyclic) bond motifs is 1. The van der Waals surface area contributed by atoms with Gasteiger partial charge in [-0.15, -0.1) is 5.10 Å². The number of carbonyl (C=O) groups excluding carboxylic acids is 1. The maximum atomic E-state index is 12.5. The first-order valence-electron chi connectivity index (χ1n) is 6.18. The zero-order valence-electron chi connectivity index (χ0n) is 11.5. The lowest BCUT2D eigenvalue weighted by molar-refractivity contribution is -0.144. The van der Waals surface area contributed by atoms with Gasteiger partial charge in [-0.1, -0.05) is 11.6 Å². The van der Waals surface area contributed by atoms with E-state index >= 15 is 0 Å². The SMILES string of the molecule is Cn1nc(C(F)(F)F)nc1NC(=O)c1cn2cc(Cl)ccc2n1. The van der Waals surface area contributed by atoms with Crippen molar-refractivity contribution in [1.82, 2.24) is 24.1 Å². The van der Waals surface area contributed by atoms with Gasteiger partial charge in [0, 0.05) is 19.4 Å². The van der Waals surface area contributed by atoms with Gasteiger partial charge in [-0.2, -0.15) is 18.2 Å². The van der Waals surface area contributed by atoms with Crippen LogP contribution in [0.15, 0.2) is 24.5 Å². The fourth-order valence-electron chi connectivity index (χ4n) is 1.85. The molecule has 3 aromatic heterocycles. The normalized spacial score (nSPS) is 11.9. The quantitative estimate of drug-likeness (QED) is 0.774. The summed E-state index contributed by atoms with van der Waals surface area (Å²) in [6, 6.07) is 3.20. The Morgan fingerprint density at radius 1 is 1.26 bits per heavy atom. The van der Waals surface area contributed by atoms with E-state index in [0.717, 1.165) is 4.68 Å². The number of alkyl halides is 3. The molecule has 0 saturated carbocycles. The molecular formula is C12H8ClF3N6O. The van der Waals surface area contributed by atoms with E-state index in [0.29, 0.717) is 10.7 Å². The number of aromatic nitrogens is 5. The number of carbonyl (C=O) groups is 1. The van der Waals surface area contributed by atoms with Gasteiger partial charge in [0.05, 0.1) is 5.02 Å². The second-order valence-corrected chi connectivity index (χ2v) is 5.01. The Balaban J connectivity index is 1.87. The predicted octanol–water partition coefficient (Wildman–Crippen LogP) is 2.39. The van der Waals surface area contributed by atoms with Crippen molar-refractivity contribution in [2.75, 3.05) is 5.32 Å². The van der Waals surface area contributed by atoms with Crippen molar-refractivity contribution in [1.29, 1.82) is 0 Å². The Morgan fingerprint density at radius 2 is 2.00 bits per heavy atom. The van der Waals surface area contributed by atoms with Crippen molar-refractivity contribution < 1.29 is 18.0 Å². The molecule has 11 heteroatoms. The van der Waals surface area contributed by atoms with Gasteiger partial charge in [-0.3, -0.25) is 10.1 Å². The molecule has 0 unspecified atom stereocenters. The molecule has 3 aromatic rings. The van der Waals surface area contributed by atoms with Crippen LogP contribution >= 0.6 is 11.6 Å². The number of halogens is 4. The highest BCUT2D eigenvalue weighted by atomic mass is 35.5. The minimum Gasteiger partial charge on any atom is -0.305 e. The minimum absolute atomic E-state index is 0.00354. The van der Waals surface area contributed by atoms with Crippen LogP contribution in [0, 0.1) is 0 Å². The molecule has 0 aliphatic heterocycles. The molecule has 0 fully saturated rings. The van der Waals surface area contributed by atoms with Crippen molar-refractivity contribution >= 4 is 29.1 Å². The van der Waals surface area contributed by atoms with E-state index in [2.05, 4.69) is 20.4 Å². The zero-order chi connectivity index (χ0) is 16.8. The highest BCUT2D eigenvalue weighted by Gasteiger charge is 2.37. The third kappa shape index (κ3) is 2.97. The van der Waals surface area contributed by atoms with Gasteiger partial charge in [-0.25, -0.2) is 9.67 Å². The number of imidazole rings is 1. The van der Waals surface area contributed by atoms with E-state index in [4.69, 9.17) is 11.6 Å². The van der Waals surface area contributed by atoms with E-state index in [9.17, 15) is 18.0 Å². The van der Waals surface area contributed by atoms with Crippen LogP contribution in [0.4, 0.5) is 19.1 Å². The summed E-state index contributed by atoms with van der Waals surface area (Å²) in [5, 5.41) is 5.89. The van der Waals surface area contributed by atoms with Crippen LogP contribution in [0.25, 0.3) is 5.65 Å². The molecule has 3 heterocycles. The molecule has 1 amide bonds. The van der Waals surface area contributed by atoms with Crippen molar-refractivity contribution in [3.05, 3.63) is 41.1 Å². The van der Waals surface area contributed by atoms with Crippen molar-refractivity contribution in [2.24, 2.45) is 7.05 Å². The second kappa shape index (κ2) is 5.23. The zero-order valence-corrected chi connectivity index (χ0v) is 12.2. The highest BCUT2D eigenvalue weighted by molar-refractivity contribution is 6.30. The summed E-state index contributed by atoms with van der Waals surface area (Å²) in [6.45, 7) is 0. The van der Waals surface area contributed by atoms with Gasteiger partial charge < -0.3 is 4.40 Å². The Labute approximate surface area is 131 Å². The number of amides is 1. The molecule has 0 atom stereocenters. The molecule has 0 aromatic carbocycles. The molecule has 3 rings (SSSR count). The van der Waals surface area contributed by atoms with Crippen molar-refractivity contribution in [3.63, 3.8) is 0 Å². The summed E-state index contributed by atoms with van der Waals surface area (Å²) < 4.78 is 40.0. The number of hydrogen-bond acceptors (Lipinski definition) is 4. The first-order chi connectivity index (χ1) is 10.7. The van der Waals surface area contributed by atoms with E-state index in [1.54, 1.807) is 18.3 Å². The maximum Gasteiger partial charge on any atom is 0.453 e. The first-order valence-corrected chi connectivity index (χ1v) is 6.55. The van der Waals surface area contributed by atoms with E-state index in [1.807, 2.05) is 0 Å². The van der Waals surface area contributed by atoms with Crippen LogP contribution in [0.3, 0.4) is 0 Å². The van der Waals surface area contributed by atoms with Crippen molar-refractivity contribution in [2.45, 2.75) is 6.18 Å². The molecule has 23 heavy (non-hydrogen) atoms. The van der Waals surface area contributed by atoms with Gasteiger partial charge in [0.1, 0.15) is 11.3 Å². The van der Waals surface area contributed by atoms with E-state index < -0.39 is 17.9 Å². The smallest absolute Gasteiger partial charge is 0.305 e. The number of anilines is 1. The van der Waals surface area contributed by atoms with Gasteiger partial charge in [0.25, 0.3) is 11.7 Å². The maximum absolute atomic E-state index is 12.5. The number of rotatable bonds is 2. The lowest BCUT2D eigenvalue weighted by Gasteiger charge is -2.00. The summed E-state index contributed by atoms with van der Waals surface area (Å²) in [5.74, 6) is -2.39. The molecule has 0 spiro atoms. The molecule has 7 nitrogen and oxygen atoms in total. The van der Waals surface area contributed by atoms with E-state index in [-0.39, 0.29) is 11.6 Å². The molecule has 1 N–H and O–H groups in total. The van der Waals surface area contributed by atoms with Gasteiger partial charge in [0.2, 0.25) is 5.95 Å². The van der Waals surface area contributed by atoms with E-state index in [1.165, 1.54) is 17.6 Å². The minimum atomic E-state index is -4.69. The van der Waals surface area contributed by atoms with Crippen molar-refractivity contribution in [3.8, 4) is 0 Å². The fraction of sp³-hybridized carbons (Fsp3) is 0.167. The summed E-state index contributed by atoms with van der Waals surface area (Å²) in [5.41, 5.74) is 0.470. The largest absolute Gasteiger partial charge is 0.453 e. The Bertz CT molecular complexity index is 900. The molecule has 0 bridgehead atoms. The van der Waals surface area contributed by atoms with Crippen LogP contribution in [0.2, 0.25) is 5.02 Å². The standard InChI is InChI=1S/C12H8ClF3N6O/c1-21-11(19-10(20-21)12(14,15)16)18-9(23)7-5-22-4-6(13)2-3-8(22)17-7/h2-5H,1H3,(H,18,19,20,23). The topological polar surface area (TPSA) is 77.1 Å². The number of nitrogens with zero attached hydrogens (tertiary/aromatic N) is 5. The molecule has 0 radical (unpaired) electrons. The molecule has 0 aliphatic carbocycles. The number of aryl methyl sites for hydroxylation is 1. The third-order valence-electron chi connectivity index (χ3n) is 2.89. The lowest BCUT2D eigenvalue weighted by atomic mass is 10.4. The average molecular weight is 345 g/mol. The highest BCUT2D eigenvalue weighted by Crippen LogP contribution is 2.27. The molecular weight excluding hydrogens is 337 g/mol. The second-order valence-electron chi connectivity index (χ2n) is 4.57. The van der Waals surface area contributed by atoms with Crippen LogP contribution in [-0.2, 0) is 13.2 Å². The van der Waals surface area contributed by atoms with Gasteiger partial charge >= 0.3 is 6.18 Å². The predicted molar refractivity (Wildman–Crippen MR) is 74.2 cm³/mol. The monoisotopic (exact) mass is 344 g/mol. The van der Waals surface area contributed by atoms with Crippen LogP contribution < -0.4 is 5.32 Å². The molecule has 120 valence electrons. The summed E-state index contributed by atoms with van der Waals surface area (Å²) in [4.78, 5) is 19.4. The van der Waals surface area contributed by atoms with Crippen LogP contribution in [-0.4, -0.2) is 30.1 Å². The summed E-state index contributed by atoms with van der Waals surface area (Å²) in [6.07, 6.45) is -1.75. The van der Waals surface area contributed by atoms with Crippen LogP contribution in [0.1, 0.15) is 16.3 Å². The third-order valence-corrected chi connectivity index (χ3v) is 3.11. The van der Waals surface area contributed by atoms with Gasteiger partial charge in [-0.05, 0) is 12.1 Å². The van der Waals surface area contributed by atoms with Gasteiger partial charge in [0.15, 0.2) is 0 Å². The summed E-state index contributed by atoms with van der Waals surface area (Å²) >= 11 is 5.83. The number of hydrogen-bond donors (Lipinski definition) is 1. The van der Waals surface area contributed by atoms with Crippen LogP contribution in [0.5, 0.6) is 0 Å². The average Bonchev–Trinajstić information content (AvgIpc) is 3.02. The Morgan fingerprint density at radius 3 is 2.65 bits per heavy atom. The Hall–Kier alpha value is -2.62. The fourth-order valence-corrected chi connectivity index (χ4v) is 2.02. The molecule has 0 aliphatic rings. The first kappa shape index (κ1) is 15.3. The lowest BCUT2D eigenvalue weighted by Crippen LogP contribution is -2.15. The summed E-state index contributed by atoms with van der Waals surface area (Å²) in [7, 11) is 1.24. The Kier molecular flexibility index (Phi) is 3.48. The number of pyridine rings is 1. The number of nitrogens with one attached hydrogen (secondary N) is 1.